The summed E-state index contributed by atoms with van der Waals surface area (Å²) >= 11 is 0. The number of ether oxygens (including phenoxy) is 1. The van der Waals surface area contributed by atoms with E-state index >= 15 is 0 Å². The molecule has 0 bridgehead atoms. The predicted octanol–water partition coefficient (Wildman–Crippen LogP) is 2.28. The van der Waals surface area contributed by atoms with E-state index in [9.17, 15) is 0 Å². The van der Waals surface area contributed by atoms with Crippen LogP contribution in [0, 0.1) is 13.8 Å². The predicted molar refractivity (Wildman–Crippen MR) is 111 cm³/mol. The number of rotatable bonds is 7. The molecule has 0 saturated carbocycles. The maximum absolute atomic E-state index is 5.05. The van der Waals surface area contributed by atoms with Crippen molar-refractivity contribution in [3.63, 3.8) is 0 Å². The number of halogens is 1. The van der Waals surface area contributed by atoms with Crippen LogP contribution in [-0.4, -0.2) is 41.4 Å². The Hall–Kier alpha value is -1.84. The summed E-state index contributed by atoms with van der Waals surface area (Å²) in [5.41, 5.74) is 3.33. The van der Waals surface area contributed by atoms with Crippen molar-refractivity contribution < 1.29 is 4.74 Å². The molecular formula is C17H27IN6O. The van der Waals surface area contributed by atoms with Crippen LogP contribution in [0.1, 0.15) is 23.4 Å². The molecule has 0 fully saturated rings. The summed E-state index contributed by atoms with van der Waals surface area (Å²) in [7, 11) is 3.38. The van der Waals surface area contributed by atoms with Crippen LogP contribution in [-0.2, 0) is 13.1 Å². The number of aromatic nitrogens is 3. The van der Waals surface area contributed by atoms with E-state index in [-0.39, 0.29) is 24.0 Å². The zero-order chi connectivity index (χ0) is 17.4. The smallest absolute Gasteiger partial charge is 0.212 e. The maximum Gasteiger partial charge on any atom is 0.212 e. The molecule has 0 atom stereocenters. The molecule has 0 amide bonds. The summed E-state index contributed by atoms with van der Waals surface area (Å²) in [6.07, 6.45) is 2.77. The van der Waals surface area contributed by atoms with E-state index in [1.165, 1.54) is 5.69 Å². The topological polar surface area (TPSA) is 76.4 Å². The Bertz CT molecular complexity index is 668. The van der Waals surface area contributed by atoms with Gasteiger partial charge in [-0.05, 0) is 31.9 Å². The molecule has 0 aliphatic rings. The zero-order valence-corrected chi connectivity index (χ0v) is 17.6. The van der Waals surface area contributed by atoms with Crippen LogP contribution < -0.4 is 15.4 Å². The summed E-state index contributed by atoms with van der Waals surface area (Å²) in [5.74, 6) is 1.39. The number of aliphatic imine (C=N–C) groups is 1. The molecule has 0 unspecified atom stereocenters. The Morgan fingerprint density at radius 1 is 1.28 bits per heavy atom. The fourth-order valence-corrected chi connectivity index (χ4v) is 2.38. The Morgan fingerprint density at radius 2 is 2.08 bits per heavy atom. The van der Waals surface area contributed by atoms with Crippen LogP contribution in [0.25, 0.3) is 0 Å². The second-order valence-corrected chi connectivity index (χ2v) is 5.57. The van der Waals surface area contributed by atoms with Crippen molar-refractivity contribution in [1.29, 1.82) is 0 Å². The Morgan fingerprint density at radius 3 is 2.64 bits per heavy atom. The van der Waals surface area contributed by atoms with Gasteiger partial charge in [-0.2, -0.15) is 5.10 Å². The van der Waals surface area contributed by atoms with Crippen molar-refractivity contribution in [2.24, 2.45) is 4.99 Å². The van der Waals surface area contributed by atoms with Gasteiger partial charge in [-0.15, -0.1) is 24.0 Å². The molecule has 0 aromatic carbocycles. The van der Waals surface area contributed by atoms with Gasteiger partial charge in [0, 0.05) is 44.6 Å². The minimum Gasteiger partial charge on any atom is -0.481 e. The highest BCUT2D eigenvalue weighted by atomic mass is 127. The lowest BCUT2D eigenvalue weighted by Gasteiger charge is -2.12. The van der Waals surface area contributed by atoms with Crippen LogP contribution in [0.2, 0.25) is 0 Å². The minimum absolute atomic E-state index is 0. The molecule has 0 aliphatic carbocycles. The first-order valence-corrected chi connectivity index (χ1v) is 8.07. The van der Waals surface area contributed by atoms with Crippen molar-refractivity contribution in [3.05, 3.63) is 41.3 Å². The van der Waals surface area contributed by atoms with E-state index in [0.29, 0.717) is 12.4 Å². The normalized spacial score (nSPS) is 11.0. The molecule has 8 heteroatoms. The highest BCUT2D eigenvalue weighted by molar-refractivity contribution is 14.0. The number of guanidine groups is 1. The van der Waals surface area contributed by atoms with Gasteiger partial charge in [0.1, 0.15) is 0 Å². The standard InChI is InChI=1S/C17H26N6O.HI/c1-13-10-14(2)23(22-13)9-5-8-19-17(18-3)21-12-15-6-7-16(24-4)20-11-15;/h6-7,10-11H,5,8-9,12H2,1-4H3,(H2,18,19,21);1H. The second kappa shape index (κ2) is 10.9. The molecule has 7 nitrogen and oxygen atoms in total. The van der Waals surface area contributed by atoms with Crippen LogP contribution in [0.15, 0.2) is 29.4 Å². The molecule has 2 heterocycles. The highest BCUT2D eigenvalue weighted by Crippen LogP contribution is 2.06. The fourth-order valence-electron chi connectivity index (χ4n) is 2.38. The van der Waals surface area contributed by atoms with Crippen LogP contribution in [0.5, 0.6) is 5.88 Å². The molecule has 0 spiro atoms. The van der Waals surface area contributed by atoms with E-state index in [0.717, 1.165) is 36.7 Å². The third-order valence-corrected chi connectivity index (χ3v) is 3.63. The highest BCUT2D eigenvalue weighted by Gasteiger charge is 2.02. The van der Waals surface area contributed by atoms with Crippen molar-refractivity contribution in [2.45, 2.75) is 33.4 Å². The molecule has 2 N–H and O–H groups in total. The summed E-state index contributed by atoms with van der Waals surface area (Å²) < 4.78 is 7.09. The zero-order valence-electron chi connectivity index (χ0n) is 15.2. The fraction of sp³-hybridized carbons (Fsp3) is 0.471. The largest absolute Gasteiger partial charge is 0.481 e. The number of nitrogens with one attached hydrogen (secondary N) is 2. The molecule has 25 heavy (non-hydrogen) atoms. The second-order valence-electron chi connectivity index (χ2n) is 5.57. The molecular weight excluding hydrogens is 431 g/mol. The van der Waals surface area contributed by atoms with Gasteiger partial charge in [-0.3, -0.25) is 9.67 Å². The molecule has 0 radical (unpaired) electrons. The van der Waals surface area contributed by atoms with E-state index in [1.807, 2.05) is 23.7 Å². The van der Waals surface area contributed by atoms with E-state index in [4.69, 9.17) is 4.74 Å². The molecule has 0 saturated heterocycles. The van der Waals surface area contributed by atoms with Crippen molar-refractivity contribution >= 4 is 29.9 Å². The number of hydrogen-bond acceptors (Lipinski definition) is 4. The maximum atomic E-state index is 5.05. The number of hydrogen-bond donors (Lipinski definition) is 2. The lowest BCUT2D eigenvalue weighted by molar-refractivity contribution is 0.397. The molecule has 2 aromatic heterocycles. The van der Waals surface area contributed by atoms with Crippen LogP contribution >= 0.6 is 24.0 Å². The third-order valence-electron chi connectivity index (χ3n) is 3.63. The van der Waals surface area contributed by atoms with Crippen LogP contribution in [0.3, 0.4) is 0 Å². The Kier molecular flexibility index (Phi) is 9.25. The van der Waals surface area contributed by atoms with E-state index in [1.54, 1.807) is 20.4 Å². The summed E-state index contributed by atoms with van der Waals surface area (Å²) in [5, 5.41) is 11.0. The average molecular weight is 458 g/mol. The number of nitrogens with zero attached hydrogens (tertiary/aromatic N) is 4. The van der Waals surface area contributed by atoms with Crippen LogP contribution in [0.4, 0.5) is 0 Å². The number of pyridine rings is 1. The van der Waals surface area contributed by atoms with Crippen molar-refractivity contribution in [1.82, 2.24) is 25.4 Å². The van der Waals surface area contributed by atoms with Gasteiger partial charge in [0.25, 0.3) is 0 Å². The molecule has 0 aliphatic heterocycles. The Labute approximate surface area is 166 Å². The summed E-state index contributed by atoms with van der Waals surface area (Å²) in [6.45, 7) is 6.48. The molecule has 2 aromatic rings. The minimum atomic E-state index is 0. The van der Waals surface area contributed by atoms with Gasteiger partial charge in [0.2, 0.25) is 5.88 Å². The quantitative estimate of drug-likeness (QED) is 0.288. The van der Waals surface area contributed by atoms with Gasteiger partial charge in [-0.25, -0.2) is 4.98 Å². The number of methoxy groups -OCH3 is 1. The van der Waals surface area contributed by atoms with E-state index in [2.05, 4.69) is 38.7 Å². The average Bonchev–Trinajstić information content (AvgIpc) is 2.92. The van der Waals surface area contributed by atoms with Gasteiger partial charge in [0.05, 0.1) is 12.8 Å². The summed E-state index contributed by atoms with van der Waals surface area (Å²) in [4.78, 5) is 8.42. The van der Waals surface area contributed by atoms with Gasteiger partial charge < -0.3 is 15.4 Å². The SMILES string of the molecule is CN=C(NCCCn1nc(C)cc1C)NCc1ccc(OC)nc1.I. The lowest BCUT2D eigenvalue weighted by atomic mass is 10.3. The molecule has 138 valence electrons. The first-order chi connectivity index (χ1) is 11.6. The lowest BCUT2D eigenvalue weighted by Crippen LogP contribution is -2.37. The van der Waals surface area contributed by atoms with Crippen molar-refractivity contribution in [3.8, 4) is 5.88 Å². The monoisotopic (exact) mass is 458 g/mol. The number of aryl methyl sites for hydroxylation is 3. The first kappa shape index (κ1) is 21.2. The van der Waals surface area contributed by atoms with Gasteiger partial charge in [-0.1, -0.05) is 6.07 Å². The first-order valence-electron chi connectivity index (χ1n) is 8.07. The molecule has 2 rings (SSSR count). The summed E-state index contributed by atoms with van der Waals surface area (Å²) in [6, 6.07) is 5.92. The Balaban J connectivity index is 0.00000312. The van der Waals surface area contributed by atoms with E-state index < -0.39 is 0 Å². The van der Waals surface area contributed by atoms with Crippen molar-refractivity contribution in [2.75, 3.05) is 20.7 Å². The third kappa shape index (κ3) is 6.89. The van der Waals surface area contributed by atoms with Gasteiger partial charge >= 0.3 is 0 Å². The van der Waals surface area contributed by atoms with Gasteiger partial charge in [0.15, 0.2) is 5.96 Å².